The fraction of sp³-hybridized carbons (Fsp3) is 0.154. The maximum Gasteiger partial charge on any atom is 0.288 e. The smallest absolute Gasteiger partial charge is 0.288 e. The van der Waals surface area contributed by atoms with Crippen LogP contribution in [0, 0.1) is 13.8 Å². The number of fused-ring (bicyclic) bond motifs is 2. The zero-order valence-corrected chi connectivity index (χ0v) is 17.3. The van der Waals surface area contributed by atoms with Crippen LogP contribution in [0.25, 0.3) is 11.0 Å². The summed E-state index contributed by atoms with van der Waals surface area (Å²) in [5.41, 5.74) is 4.44. The van der Waals surface area contributed by atoms with Gasteiger partial charge in [0.25, 0.3) is 5.91 Å². The van der Waals surface area contributed by atoms with E-state index in [1.807, 2.05) is 80.6 Å². The van der Waals surface area contributed by atoms with Gasteiger partial charge in [-0.3, -0.25) is 9.59 Å². The van der Waals surface area contributed by atoms with Gasteiger partial charge in [-0.1, -0.05) is 42.5 Å². The summed E-state index contributed by atoms with van der Waals surface area (Å²) in [6.07, 6.45) is 0. The minimum atomic E-state index is -0.579. The molecule has 1 aromatic heterocycles. The van der Waals surface area contributed by atoms with Crippen LogP contribution in [0.3, 0.4) is 0 Å². The standard InChI is InChI=1S/C26H21NO4/c1-15-11-20-21(12-16(15)2)31-25-22(24(20)28)23(27-26(25)29)18-9-6-10-19(13-18)30-14-17-7-4-3-5-8-17/h3-13,23H,14H2,1-2H3,(H,27,29). The van der Waals surface area contributed by atoms with Crippen LogP contribution in [0.1, 0.15) is 44.4 Å². The van der Waals surface area contributed by atoms with Gasteiger partial charge in [0, 0.05) is 0 Å². The average Bonchev–Trinajstić information content (AvgIpc) is 3.11. The van der Waals surface area contributed by atoms with E-state index < -0.39 is 6.04 Å². The molecule has 0 bridgehead atoms. The summed E-state index contributed by atoms with van der Waals surface area (Å²) in [7, 11) is 0. The van der Waals surface area contributed by atoms with E-state index in [1.165, 1.54) is 0 Å². The van der Waals surface area contributed by atoms with Crippen molar-refractivity contribution in [1.82, 2.24) is 5.32 Å². The maximum atomic E-state index is 13.3. The van der Waals surface area contributed by atoms with E-state index in [2.05, 4.69) is 5.32 Å². The molecule has 1 atom stereocenters. The van der Waals surface area contributed by atoms with Crippen LogP contribution in [-0.4, -0.2) is 5.91 Å². The summed E-state index contributed by atoms with van der Waals surface area (Å²) in [5, 5.41) is 3.38. The Hall–Kier alpha value is -3.86. The lowest BCUT2D eigenvalue weighted by Crippen LogP contribution is -2.22. The van der Waals surface area contributed by atoms with Gasteiger partial charge in [0.2, 0.25) is 5.76 Å². The Bertz CT molecular complexity index is 1370. The summed E-state index contributed by atoms with van der Waals surface area (Å²) in [6.45, 7) is 4.34. The van der Waals surface area contributed by atoms with E-state index in [-0.39, 0.29) is 17.1 Å². The van der Waals surface area contributed by atoms with Crippen molar-refractivity contribution in [1.29, 1.82) is 0 Å². The lowest BCUT2D eigenvalue weighted by atomic mass is 9.98. The molecule has 154 valence electrons. The van der Waals surface area contributed by atoms with Gasteiger partial charge < -0.3 is 14.5 Å². The Morgan fingerprint density at radius 2 is 1.71 bits per heavy atom. The molecule has 5 heteroatoms. The number of aryl methyl sites for hydroxylation is 2. The van der Waals surface area contributed by atoms with Crippen LogP contribution in [0.5, 0.6) is 5.75 Å². The van der Waals surface area contributed by atoms with Crippen molar-refractivity contribution in [2.45, 2.75) is 26.5 Å². The fourth-order valence-electron chi connectivity index (χ4n) is 3.94. The third-order valence-corrected chi connectivity index (χ3v) is 5.75. The number of amides is 1. The topological polar surface area (TPSA) is 68.5 Å². The Kier molecular flexibility index (Phi) is 4.59. The highest BCUT2D eigenvalue weighted by Crippen LogP contribution is 2.33. The van der Waals surface area contributed by atoms with Crippen molar-refractivity contribution < 1.29 is 13.9 Å². The highest BCUT2D eigenvalue weighted by atomic mass is 16.5. The molecule has 2 heterocycles. The molecular weight excluding hydrogens is 390 g/mol. The van der Waals surface area contributed by atoms with Crippen LogP contribution < -0.4 is 15.5 Å². The summed E-state index contributed by atoms with van der Waals surface area (Å²) in [5.74, 6) is 0.370. The maximum absolute atomic E-state index is 13.3. The molecule has 3 aromatic carbocycles. The minimum Gasteiger partial charge on any atom is -0.489 e. The van der Waals surface area contributed by atoms with Crippen molar-refractivity contribution in [2.75, 3.05) is 0 Å². The molecule has 0 radical (unpaired) electrons. The molecule has 1 aliphatic heterocycles. The number of ether oxygens (including phenoxy) is 1. The molecule has 5 rings (SSSR count). The van der Waals surface area contributed by atoms with Crippen LogP contribution in [0.2, 0.25) is 0 Å². The molecule has 0 spiro atoms. The van der Waals surface area contributed by atoms with E-state index in [9.17, 15) is 9.59 Å². The molecule has 5 nitrogen and oxygen atoms in total. The molecule has 1 N–H and O–H groups in total. The van der Waals surface area contributed by atoms with Crippen molar-refractivity contribution in [3.63, 3.8) is 0 Å². The number of hydrogen-bond acceptors (Lipinski definition) is 4. The molecule has 0 fully saturated rings. The molecule has 0 saturated carbocycles. The van der Waals surface area contributed by atoms with E-state index in [4.69, 9.17) is 9.15 Å². The zero-order chi connectivity index (χ0) is 21.5. The SMILES string of the molecule is Cc1cc2oc3c(c(=O)c2cc1C)C(c1cccc(OCc2ccccc2)c1)NC3=O. The van der Waals surface area contributed by atoms with Crippen LogP contribution in [0.4, 0.5) is 0 Å². The summed E-state index contributed by atoms with van der Waals surface area (Å²) >= 11 is 0. The predicted molar refractivity (Wildman–Crippen MR) is 118 cm³/mol. The van der Waals surface area contributed by atoms with Gasteiger partial charge >= 0.3 is 0 Å². The van der Waals surface area contributed by atoms with Crippen molar-refractivity contribution in [2.24, 2.45) is 0 Å². The van der Waals surface area contributed by atoms with E-state index in [0.717, 1.165) is 22.3 Å². The van der Waals surface area contributed by atoms with Crippen molar-refractivity contribution >= 4 is 16.9 Å². The predicted octanol–water partition coefficient (Wildman–Crippen LogP) is 4.82. The quantitative estimate of drug-likeness (QED) is 0.523. The molecule has 4 aromatic rings. The van der Waals surface area contributed by atoms with Crippen LogP contribution in [-0.2, 0) is 6.61 Å². The Morgan fingerprint density at radius 1 is 0.935 bits per heavy atom. The lowest BCUT2D eigenvalue weighted by Gasteiger charge is -2.14. The highest BCUT2D eigenvalue weighted by molar-refractivity contribution is 5.99. The van der Waals surface area contributed by atoms with Gasteiger partial charge in [-0.2, -0.15) is 0 Å². The van der Waals surface area contributed by atoms with E-state index in [1.54, 1.807) is 0 Å². The third kappa shape index (κ3) is 3.38. The first-order valence-electron chi connectivity index (χ1n) is 10.2. The van der Waals surface area contributed by atoms with Gasteiger partial charge in [0.1, 0.15) is 17.9 Å². The Morgan fingerprint density at radius 3 is 2.52 bits per heavy atom. The highest BCUT2D eigenvalue weighted by Gasteiger charge is 2.36. The second-order valence-corrected chi connectivity index (χ2v) is 7.86. The van der Waals surface area contributed by atoms with Gasteiger partial charge in [0.15, 0.2) is 5.43 Å². The summed E-state index contributed by atoms with van der Waals surface area (Å²) in [4.78, 5) is 25.9. The molecule has 0 aliphatic carbocycles. The van der Waals surface area contributed by atoms with Crippen LogP contribution >= 0.6 is 0 Å². The normalized spacial score (nSPS) is 15.0. The average molecular weight is 411 g/mol. The van der Waals surface area contributed by atoms with Crippen molar-refractivity contribution in [3.05, 3.63) is 111 Å². The number of benzene rings is 3. The first-order valence-corrected chi connectivity index (χ1v) is 10.2. The van der Waals surface area contributed by atoms with Gasteiger partial charge in [0.05, 0.1) is 17.0 Å². The lowest BCUT2D eigenvalue weighted by molar-refractivity contribution is 0.0938. The molecule has 1 amide bonds. The second kappa shape index (κ2) is 7.43. The van der Waals surface area contributed by atoms with Gasteiger partial charge in [-0.15, -0.1) is 0 Å². The molecule has 31 heavy (non-hydrogen) atoms. The van der Waals surface area contributed by atoms with Crippen molar-refractivity contribution in [3.8, 4) is 5.75 Å². The first-order chi connectivity index (χ1) is 15.0. The second-order valence-electron chi connectivity index (χ2n) is 7.86. The van der Waals surface area contributed by atoms with E-state index >= 15 is 0 Å². The summed E-state index contributed by atoms with van der Waals surface area (Å²) < 4.78 is 11.8. The number of hydrogen-bond donors (Lipinski definition) is 1. The monoisotopic (exact) mass is 411 g/mol. The largest absolute Gasteiger partial charge is 0.489 e. The van der Waals surface area contributed by atoms with E-state index in [0.29, 0.717) is 28.9 Å². The molecule has 1 unspecified atom stereocenters. The van der Waals surface area contributed by atoms with Gasteiger partial charge in [-0.25, -0.2) is 0 Å². The molecule has 0 saturated heterocycles. The Labute approximate surface area is 179 Å². The fourth-order valence-corrected chi connectivity index (χ4v) is 3.94. The number of carbonyl (C=O) groups is 1. The number of rotatable bonds is 4. The molecule has 1 aliphatic rings. The third-order valence-electron chi connectivity index (χ3n) is 5.75. The number of nitrogens with one attached hydrogen (secondary N) is 1. The Balaban J connectivity index is 1.53. The molecular formula is C26H21NO4. The number of carbonyl (C=O) groups excluding carboxylic acids is 1. The first kappa shape index (κ1) is 19.1. The van der Waals surface area contributed by atoms with Crippen LogP contribution in [0.15, 0.2) is 75.9 Å². The van der Waals surface area contributed by atoms with Gasteiger partial charge in [-0.05, 0) is 60.4 Å². The minimum absolute atomic E-state index is 0.0846. The zero-order valence-electron chi connectivity index (χ0n) is 17.3. The summed E-state index contributed by atoms with van der Waals surface area (Å²) in [6, 6.07) is 20.4.